The van der Waals surface area contributed by atoms with Gasteiger partial charge >= 0.3 is 0 Å². The van der Waals surface area contributed by atoms with E-state index in [2.05, 4.69) is 34.2 Å². The number of rotatable bonds is 6. The van der Waals surface area contributed by atoms with Crippen molar-refractivity contribution in [1.29, 1.82) is 0 Å². The summed E-state index contributed by atoms with van der Waals surface area (Å²) in [5.41, 5.74) is 1.79. The molecule has 0 unspecified atom stereocenters. The Bertz CT molecular complexity index is 621. The van der Waals surface area contributed by atoms with Crippen LogP contribution >= 0.6 is 0 Å². The van der Waals surface area contributed by atoms with Crippen molar-refractivity contribution in [2.75, 3.05) is 23.8 Å². The highest BCUT2D eigenvalue weighted by atomic mass is 15.3. The van der Waals surface area contributed by atoms with Crippen LogP contribution in [0, 0.1) is 0 Å². The quantitative estimate of drug-likeness (QED) is 0.883. The molecule has 1 aliphatic carbocycles. The predicted octanol–water partition coefficient (Wildman–Crippen LogP) is 3.62. The first kappa shape index (κ1) is 15.0. The van der Waals surface area contributed by atoms with Gasteiger partial charge in [0.15, 0.2) is 5.82 Å². The van der Waals surface area contributed by atoms with Gasteiger partial charge in [-0.1, -0.05) is 26.2 Å². The van der Waals surface area contributed by atoms with E-state index in [9.17, 15) is 0 Å². The Hall–Kier alpha value is -1.91. The third-order valence-corrected chi connectivity index (χ3v) is 4.33. The molecule has 1 N–H and O–H groups in total. The molecule has 1 saturated carbocycles. The van der Waals surface area contributed by atoms with Crippen molar-refractivity contribution in [3.63, 3.8) is 0 Å². The van der Waals surface area contributed by atoms with Gasteiger partial charge in [0.1, 0.15) is 5.52 Å². The van der Waals surface area contributed by atoms with Crippen molar-refractivity contribution in [3.05, 3.63) is 18.3 Å². The van der Waals surface area contributed by atoms with E-state index >= 15 is 0 Å². The second-order valence-corrected chi connectivity index (χ2v) is 6.14. The molecule has 5 nitrogen and oxygen atoms in total. The van der Waals surface area contributed by atoms with Crippen molar-refractivity contribution in [2.45, 2.75) is 51.5 Å². The molecule has 0 saturated heterocycles. The fourth-order valence-corrected chi connectivity index (χ4v) is 2.99. The first-order chi connectivity index (χ1) is 10.8. The lowest BCUT2D eigenvalue weighted by molar-refractivity contribution is 0.740. The maximum atomic E-state index is 4.76. The maximum Gasteiger partial charge on any atom is 0.227 e. The van der Waals surface area contributed by atoms with Crippen LogP contribution in [0.4, 0.5) is 11.8 Å². The van der Waals surface area contributed by atoms with Gasteiger partial charge in [0.2, 0.25) is 5.95 Å². The molecular weight excluding hydrogens is 274 g/mol. The fourth-order valence-electron chi connectivity index (χ4n) is 2.99. The molecule has 5 heteroatoms. The Kier molecular flexibility index (Phi) is 4.71. The van der Waals surface area contributed by atoms with E-state index in [1.54, 1.807) is 0 Å². The Morgan fingerprint density at radius 1 is 1.27 bits per heavy atom. The van der Waals surface area contributed by atoms with Crippen molar-refractivity contribution in [1.82, 2.24) is 15.0 Å². The first-order valence-electron chi connectivity index (χ1n) is 8.38. The van der Waals surface area contributed by atoms with Gasteiger partial charge in [-0.2, -0.15) is 4.98 Å². The van der Waals surface area contributed by atoms with Crippen LogP contribution in [-0.2, 0) is 0 Å². The zero-order valence-corrected chi connectivity index (χ0v) is 13.5. The molecule has 22 heavy (non-hydrogen) atoms. The third-order valence-electron chi connectivity index (χ3n) is 4.33. The summed E-state index contributed by atoms with van der Waals surface area (Å²) in [4.78, 5) is 16.0. The molecule has 0 radical (unpaired) electrons. The van der Waals surface area contributed by atoms with Gasteiger partial charge in [-0.15, -0.1) is 0 Å². The Morgan fingerprint density at radius 3 is 2.86 bits per heavy atom. The molecule has 1 fully saturated rings. The minimum atomic E-state index is 0.522. The summed E-state index contributed by atoms with van der Waals surface area (Å²) in [6, 6.07) is 4.47. The summed E-state index contributed by atoms with van der Waals surface area (Å²) in [6.07, 6.45) is 9.18. The van der Waals surface area contributed by atoms with Crippen LogP contribution in [0.5, 0.6) is 0 Å². The average Bonchev–Trinajstić information content (AvgIpc) is 3.05. The fraction of sp³-hybridized carbons (Fsp3) is 0.588. The van der Waals surface area contributed by atoms with Crippen molar-refractivity contribution in [3.8, 4) is 0 Å². The van der Waals surface area contributed by atoms with E-state index in [1.165, 1.54) is 32.1 Å². The van der Waals surface area contributed by atoms with E-state index in [0.717, 1.165) is 35.8 Å². The summed E-state index contributed by atoms with van der Waals surface area (Å²) >= 11 is 0. The van der Waals surface area contributed by atoms with Crippen LogP contribution in [0.2, 0.25) is 0 Å². The van der Waals surface area contributed by atoms with Crippen molar-refractivity contribution >= 4 is 22.8 Å². The molecule has 0 atom stereocenters. The predicted molar refractivity (Wildman–Crippen MR) is 91.4 cm³/mol. The summed E-state index contributed by atoms with van der Waals surface area (Å²) in [6.45, 7) is 3.18. The number of unbranched alkanes of at least 4 members (excludes halogenated alkanes) is 1. The van der Waals surface area contributed by atoms with E-state index in [-0.39, 0.29) is 0 Å². The highest BCUT2D eigenvalue weighted by Gasteiger charge is 2.18. The van der Waals surface area contributed by atoms with Gasteiger partial charge in [0, 0.05) is 25.8 Å². The molecule has 1 aliphatic rings. The second-order valence-electron chi connectivity index (χ2n) is 6.14. The van der Waals surface area contributed by atoms with Crippen LogP contribution in [0.25, 0.3) is 11.0 Å². The van der Waals surface area contributed by atoms with E-state index in [4.69, 9.17) is 4.98 Å². The number of nitrogens with one attached hydrogen (secondary N) is 1. The van der Waals surface area contributed by atoms with Crippen LogP contribution in [-0.4, -0.2) is 34.6 Å². The largest absolute Gasteiger partial charge is 0.365 e. The molecule has 118 valence electrons. The monoisotopic (exact) mass is 299 g/mol. The minimum Gasteiger partial charge on any atom is -0.365 e. The standard InChI is InChI=1S/C17H25N5/c1-3-4-12-22(2)17-20-14-10-7-11-18-15(14)16(21-17)19-13-8-5-6-9-13/h7,10-11,13H,3-6,8-9,12H2,1-2H3,(H,19,20,21). The van der Waals surface area contributed by atoms with Gasteiger partial charge in [0.05, 0.1) is 5.52 Å². The van der Waals surface area contributed by atoms with Crippen molar-refractivity contribution in [2.24, 2.45) is 0 Å². The SMILES string of the molecule is CCCCN(C)c1nc(NC2CCCC2)c2ncccc2n1. The molecule has 0 aliphatic heterocycles. The van der Waals surface area contributed by atoms with Gasteiger partial charge in [-0.25, -0.2) is 4.98 Å². The molecule has 3 rings (SSSR count). The zero-order valence-electron chi connectivity index (χ0n) is 13.5. The average molecular weight is 299 g/mol. The van der Waals surface area contributed by atoms with E-state index < -0.39 is 0 Å². The van der Waals surface area contributed by atoms with Gasteiger partial charge in [0.25, 0.3) is 0 Å². The van der Waals surface area contributed by atoms with Crippen molar-refractivity contribution < 1.29 is 0 Å². The summed E-state index contributed by atoms with van der Waals surface area (Å²) < 4.78 is 0. The van der Waals surface area contributed by atoms with Crippen LogP contribution < -0.4 is 10.2 Å². The number of fused-ring (bicyclic) bond motifs is 1. The number of pyridine rings is 1. The molecule has 0 aromatic carbocycles. The van der Waals surface area contributed by atoms with Crippen LogP contribution in [0.15, 0.2) is 18.3 Å². The summed E-state index contributed by atoms with van der Waals surface area (Å²) in [5.74, 6) is 1.67. The molecule has 0 spiro atoms. The molecule has 2 aromatic heterocycles. The number of hydrogen-bond donors (Lipinski definition) is 1. The maximum absolute atomic E-state index is 4.76. The van der Waals surface area contributed by atoms with Gasteiger partial charge in [-0.3, -0.25) is 4.98 Å². The topological polar surface area (TPSA) is 53.9 Å². The smallest absolute Gasteiger partial charge is 0.227 e. The number of hydrogen-bond acceptors (Lipinski definition) is 5. The van der Waals surface area contributed by atoms with Gasteiger partial charge in [-0.05, 0) is 31.4 Å². The Labute approximate surface area is 132 Å². The second kappa shape index (κ2) is 6.90. The van der Waals surface area contributed by atoms with Crippen LogP contribution in [0.1, 0.15) is 45.4 Å². The number of anilines is 2. The summed E-state index contributed by atoms with van der Waals surface area (Å²) in [7, 11) is 2.06. The lowest BCUT2D eigenvalue weighted by atomic mass is 10.2. The highest BCUT2D eigenvalue weighted by Crippen LogP contribution is 2.26. The normalized spacial score (nSPS) is 15.4. The molecule has 2 heterocycles. The number of aromatic nitrogens is 3. The molecule has 0 bridgehead atoms. The highest BCUT2D eigenvalue weighted by molar-refractivity contribution is 5.86. The Balaban J connectivity index is 1.92. The number of nitrogens with zero attached hydrogens (tertiary/aromatic N) is 4. The zero-order chi connectivity index (χ0) is 15.4. The third kappa shape index (κ3) is 3.29. The lowest BCUT2D eigenvalue weighted by Crippen LogP contribution is -2.23. The Morgan fingerprint density at radius 2 is 2.09 bits per heavy atom. The molecular formula is C17H25N5. The minimum absolute atomic E-state index is 0.522. The molecule has 2 aromatic rings. The lowest BCUT2D eigenvalue weighted by Gasteiger charge is -2.20. The summed E-state index contributed by atoms with van der Waals surface area (Å²) in [5, 5.41) is 3.59. The van der Waals surface area contributed by atoms with Crippen LogP contribution in [0.3, 0.4) is 0 Å². The van der Waals surface area contributed by atoms with E-state index in [0.29, 0.717) is 6.04 Å². The molecule has 0 amide bonds. The van der Waals surface area contributed by atoms with Gasteiger partial charge < -0.3 is 10.2 Å². The van der Waals surface area contributed by atoms with E-state index in [1.807, 2.05) is 18.3 Å². The first-order valence-corrected chi connectivity index (χ1v) is 8.38.